The highest BCUT2D eigenvalue weighted by atomic mass is 19.1. The Kier molecular flexibility index (Phi) is 12.0. The lowest BCUT2D eigenvalue weighted by Crippen LogP contribution is -2.79. The average molecular weight is 908 g/mol. The summed E-state index contributed by atoms with van der Waals surface area (Å²) >= 11 is 0. The number of nitrogens with one attached hydrogen (secondary N) is 1. The molecule has 1 amide bonds. The zero-order valence-corrected chi connectivity index (χ0v) is 38.6. The Morgan fingerprint density at radius 3 is 2.34 bits per heavy atom. The molecule has 2 aromatic rings. The van der Waals surface area contributed by atoms with Crippen molar-refractivity contribution in [3.8, 4) is 0 Å². The summed E-state index contributed by atoms with van der Waals surface area (Å²) in [5.41, 5.74) is -6.12. The highest BCUT2D eigenvalue weighted by Gasteiger charge is 2.77. The summed E-state index contributed by atoms with van der Waals surface area (Å²) in [6.07, 6.45) is -5.64. The molecule has 2 saturated carbocycles. The highest BCUT2D eigenvalue weighted by molar-refractivity contribution is 5.89. The van der Waals surface area contributed by atoms with Crippen molar-refractivity contribution in [1.29, 1.82) is 0 Å². The number of ether oxygens (including phenoxy) is 7. The van der Waals surface area contributed by atoms with Crippen LogP contribution in [0.5, 0.6) is 0 Å². The summed E-state index contributed by atoms with van der Waals surface area (Å²) in [5.74, 6) is -5.71. The van der Waals surface area contributed by atoms with Gasteiger partial charge in [0.1, 0.15) is 53.2 Å². The summed E-state index contributed by atoms with van der Waals surface area (Å²) < 4.78 is 60.5. The molecule has 6 aliphatic rings. The summed E-state index contributed by atoms with van der Waals surface area (Å²) in [6.45, 7) is 17.5. The maximum atomic E-state index is 15.4. The van der Waals surface area contributed by atoms with Crippen LogP contribution in [0.4, 0.5) is 9.18 Å². The lowest BCUT2D eigenvalue weighted by molar-refractivity contribution is -0.346. The summed E-state index contributed by atoms with van der Waals surface area (Å²) in [5, 5.41) is 28.1. The Morgan fingerprint density at radius 2 is 1.74 bits per heavy atom. The molecule has 1 unspecified atom stereocenters. The van der Waals surface area contributed by atoms with Crippen LogP contribution in [0.3, 0.4) is 0 Å². The third kappa shape index (κ3) is 8.13. The number of esters is 3. The van der Waals surface area contributed by atoms with E-state index in [1.807, 2.05) is 27.7 Å². The van der Waals surface area contributed by atoms with Gasteiger partial charge in [0.05, 0.1) is 30.7 Å². The molecule has 0 spiro atoms. The number of likely N-dealkylation sites (tertiary alicyclic amines) is 1. The molecule has 2 bridgehead atoms. The number of pyridine rings is 1. The van der Waals surface area contributed by atoms with Crippen molar-refractivity contribution in [2.75, 3.05) is 26.2 Å². The van der Waals surface area contributed by atoms with Crippen LogP contribution in [-0.4, -0.2) is 130 Å². The number of hydrogen-bond acceptors (Lipinski definition) is 15. The van der Waals surface area contributed by atoms with Crippen molar-refractivity contribution in [3.63, 3.8) is 0 Å². The van der Waals surface area contributed by atoms with E-state index in [-0.39, 0.29) is 18.6 Å². The number of amides is 1. The van der Waals surface area contributed by atoms with Gasteiger partial charge in [-0.3, -0.25) is 14.7 Å². The second-order valence-corrected chi connectivity index (χ2v) is 20.6. The molecule has 16 nitrogen and oxygen atoms in total. The maximum absolute atomic E-state index is 15.4. The van der Waals surface area contributed by atoms with Gasteiger partial charge in [-0.2, -0.15) is 0 Å². The van der Waals surface area contributed by atoms with E-state index in [1.165, 1.54) is 19.2 Å². The van der Waals surface area contributed by atoms with Gasteiger partial charge in [0.25, 0.3) is 0 Å². The number of nitrogens with zero attached hydrogens (tertiary/aromatic N) is 2. The molecular formula is C48H62FN3O13. The van der Waals surface area contributed by atoms with Gasteiger partial charge in [0.15, 0.2) is 17.5 Å². The third-order valence-electron chi connectivity index (χ3n) is 14.7. The molecule has 4 heterocycles. The predicted molar refractivity (Wildman–Crippen MR) is 228 cm³/mol. The van der Waals surface area contributed by atoms with Crippen molar-refractivity contribution in [1.82, 2.24) is 15.2 Å². The van der Waals surface area contributed by atoms with Gasteiger partial charge >= 0.3 is 24.0 Å². The number of aromatic nitrogens is 1. The van der Waals surface area contributed by atoms with Gasteiger partial charge in [-0.05, 0) is 102 Å². The van der Waals surface area contributed by atoms with Crippen molar-refractivity contribution in [2.45, 2.75) is 153 Å². The van der Waals surface area contributed by atoms with E-state index in [1.54, 1.807) is 58.0 Å². The van der Waals surface area contributed by atoms with Crippen LogP contribution in [-0.2, 0) is 42.7 Å². The molecule has 1 aromatic carbocycles. The Hall–Kier alpha value is -4.52. The quantitative estimate of drug-likeness (QED) is 0.161. The number of alkyl carbamates (subject to hydrolysis) is 1. The van der Waals surface area contributed by atoms with Crippen LogP contribution >= 0.6 is 0 Å². The second-order valence-electron chi connectivity index (χ2n) is 20.6. The maximum Gasteiger partial charge on any atom is 0.408 e. The number of hydrogen-bond donors (Lipinski definition) is 3. The van der Waals surface area contributed by atoms with Crippen molar-refractivity contribution >= 4 is 24.0 Å². The molecule has 3 N–H and O–H groups in total. The fourth-order valence-electron chi connectivity index (χ4n) is 11.6. The first-order valence-corrected chi connectivity index (χ1v) is 22.5. The van der Waals surface area contributed by atoms with Crippen LogP contribution in [0.15, 0.2) is 59.8 Å². The molecule has 5 fully saturated rings. The van der Waals surface area contributed by atoms with Gasteiger partial charge in [0, 0.05) is 30.4 Å². The van der Waals surface area contributed by atoms with E-state index in [0.717, 1.165) is 25.6 Å². The lowest BCUT2D eigenvalue weighted by Gasteiger charge is -2.68. The van der Waals surface area contributed by atoms with E-state index in [2.05, 4.69) is 15.2 Å². The van der Waals surface area contributed by atoms with Crippen LogP contribution in [0.1, 0.15) is 110 Å². The zero-order valence-electron chi connectivity index (χ0n) is 38.6. The molecule has 8 rings (SSSR count). The summed E-state index contributed by atoms with van der Waals surface area (Å²) in [7, 11) is 0. The molecule has 0 radical (unpaired) electrons. The Morgan fingerprint density at radius 1 is 1.03 bits per heavy atom. The minimum atomic E-state index is -2.24. The fraction of sp³-hybridized carbons (Fsp3) is 0.646. The van der Waals surface area contributed by atoms with Crippen LogP contribution < -0.4 is 5.32 Å². The number of benzene rings is 1. The van der Waals surface area contributed by atoms with Crippen LogP contribution in [0, 0.1) is 22.6 Å². The van der Waals surface area contributed by atoms with E-state index in [0.29, 0.717) is 30.5 Å². The minimum absolute atomic E-state index is 0.0564. The zero-order chi connectivity index (χ0) is 47.1. The Balaban J connectivity index is 1.28. The topological polar surface area (TPSA) is 202 Å². The second kappa shape index (κ2) is 16.7. The fourth-order valence-corrected chi connectivity index (χ4v) is 11.6. The van der Waals surface area contributed by atoms with Gasteiger partial charge < -0.3 is 48.7 Å². The highest BCUT2D eigenvalue weighted by Crippen LogP contribution is 2.67. The normalized spacial score (nSPS) is 35.8. The first kappa shape index (κ1) is 47.0. The molecule has 3 aliphatic carbocycles. The molecule has 17 heteroatoms. The number of carbonyl (C=O) groups excluding carboxylic acids is 4. The van der Waals surface area contributed by atoms with Gasteiger partial charge in [-0.25, -0.2) is 18.8 Å². The van der Waals surface area contributed by atoms with E-state index < -0.39 is 118 Å². The lowest BCUT2D eigenvalue weighted by atomic mass is 9.45. The third-order valence-corrected chi connectivity index (χ3v) is 14.7. The van der Waals surface area contributed by atoms with E-state index >= 15 is 4.39 Å². The first-order valence-electron chi connectivity index (χ1n) is 22.5. The standard InChI is InChI=1S/C48H62FN3O13/c1-26-30(60-41(56)35(54)34(33-29(49)17-13-20-50-33)51-42(57)65-43(3,4)5)23-48(58)39(61-40(55)28-15-11-10-12-16-28)37-45(8,19-18-31-47(37,25-59-31)62-27(2)53)38-36(32(26)44(48,6)7)63-46(9,64-38)24-52-21-14-22-52/h10-13,15-17,20,30-31,34-39,54,58H,14,18-19,21-25H2,1-9H3,(H,51,57)/t30-,31+,34-,35+,36+,37-,38+,39-,45+,46?,47-,48+/m0/s1. The minimum Gasteiger partial charge on any atom is -0.456 e. The SMILES string of the molecule is CC(=O)O[C@@]12CO[C@@H]1CC[C@@]1(C)[C@@H]3OC(C)(CN4CCC4)O[C@@H]3C3=C(C)[C@@H](OC(=O)[C@H](O)[C@@H](NC(=O)OC(C)(C)C)c4ncccc4F)C[C@@](O)([C@@H](OC(=O)c4ccccc4)[C@@H]12)C3(C)C. The van der Waals surface area contributed by atoms with Crippen LogP contribution in [0.2, 0.25) is 0 Å². The van der Waals surface area contributed by atoms with E-state index in [4.69, 9.17) is 33.2 Å². The monoisotopic (exact) mass is 907 g/mol. The number of aliphatic hydroxyl groups excluding tert-OH is 1. The largest absolute Gasteiger partial charge is 0.456 e. The first-order chi connectivity index (χ1) is 30.4. The van der Waals surface area contributed by atoms with Crippen LogP contribution in [0.25, 0.3) is 0 Å². The molecule has 65 heavy (non-hydrogen) atoms. The van der Waals surface area contributed by atoms with E-state index in [9.17, 15) is 29.4 Å². The number of rotatable bonds is 10. The number of aliphatic hydroxyl groups is 2. The van der Waals surface area contributed by atoms with Crippen molar-refractivity contribution < 1.29 is 66.9 Å². The number of halogens is 1. The molecule has 1 aromatic heterocycles. The van der Waals surface area contributed by atoms with Crippen molar-refractivity contribution in [3.05, 3.63) is 76.9 Å². The predicted octanol–water partition coefficient (Wildman–Crippen LogP) is 5.10. The summed E-state index contributed by atoms with van der Waals surface area (Å²) in [4.78, 5) is 61.5. The molecule has 12 atom stereocenters. The van der Waals surface area contributed by atoms with Gasteiger partial charge in [-0.1, -0.05) is 39.0 Å². The average Bonchev–Trinajstić information content (AvgIpc) is 3.55. The number of carbonyl (C=O) groups is 4. The Labute approximate surface area is 378 Å². The van der Waals surface area contributed by atoms with Gasteiger partial charge in [0.2, 0.25) is 0 Å². The van der Waals surface area contributed by atoms with Gasteiger partial charge in [-0.15, -0.1) is 0 Å². The summed E-state index contributed by atoms with van der Waals surface area (Å²) in [6, 6.07) is 8.93. The molecular weight excluding hydrogens is 846 g/mol. The van der Waals surface area contributed by atoms with Crippen molar-refractivity contribution in [2.24, 2.45) is 16.7 Å². The Bertz CT molecular complexity index is 2230. The number of fused-ring (bicyclic) bond motifs is 8. The molecule has 3 saturated heterocycles. The smallest absolute Gasteiger partial charge is 0.408 e. The molecule has 354 valence electrons. The molecule has 3 aliphatic heterocycles.